The topological polar surface area (TPSA) is 51.6 Å². The summed E-state index contributed by atoms with van der Waals surface area (Å²) in [7, 11) is 0. The minimum absolute atomic E-state index is 0.918. The van der Waals surface area contributed by atoms with E-state index in [1.807, 2.05) is 49.1 Å². The lowest BCUT2D eigenvalue weighted by atomic mass is 9.84. The molecule has 0 radical (unpaired) electrons. The van der Waals surface area contributed by atoms with E-state index < -0.39 is 0 Å². The second-order valence-corrected chi connectivity index (χ2v) is 9.12. The maximum absolute atomic E-state index is 4.82. The molecule has 7 aromatic rings. The first-order chi connectivity index (χ1) is 18.9. The summed E-state index contributed by atoms with van der Waals surface area (Å²) in [6.45, 7) is 0. The largest absolute Gasteiger partial charge is 0.264 e. The van der Waals surface area contributed by atoms with E-state index in [0.717, 1.165) is 33.6 Å². The first kappa shape index (κ1) is 22.0. The van der Waals surface area contributed by atoms with Gasteiger partial charge in [0.05, 0.1) is 11.4 Å². The molecule has 178 valence electrons. The fourth-order valence-corrected chi connectivity index (χ4v) is 5.39. The SMILES string of the molecule is c1cncc(-c2ncccc2-c2c3ccccc3c(-c3cccnc3-c3cccnc3)c3ccccc23)c1. The quantitative estimate of drug-likeness (QED) is 0.235. The monoisotopic (exact) mass is 486 g/mol. The van der Waals surface area contributed by atoms with Gasteiger partial charge in [-0.05, 0) is 69.1 Å². The van der Waals surface area contributed by atoms with Crippen LogP contribution in [0.5, 0.6) is 0 Å². The molecule has 4 heteroatoms. The van der Waals surface area contributed by atoms with E-state index in [1.165, 1.54) is 32.7 Å². The maximum Gasteiger partial charge on any atom is 0.0796 e. The van der Waals surface area contributed by atoms with Crippen molar-refractivity contribution in [3.63, 3.8) is 0 Å². The van der Waals surface area contributed by atoms with Crippen LogP contribution in [-0.4, -0.2) is 19.9 Å². The number of hydrogen-bond donors (Lipinski definition) is 0. The van der Waals surface area contributed by atoms with Crippen molar-refractivity contribution in [2.45, 2.75) is 0 Å². The van der Waals surface area contributed by atoms with Crippen LogP contribution in [0.15, 0.2) is 134 Å². The Morgan fingerprint density at radius 2 is 0.763 bits per heavy atom. The lowest BCUT2D eigenvalue weighted by Crippen LogP contribution is -1.96. The third-order valence-electron chi connectivity index (χ3n) is 6.96. The van der Waals surface area contributed by atoms with Gasteiger partial charge in [-0.2, -0.15) is 0 Å². The van der Waals surface area contributed by atoms with Gasteiger partial charge in [-0.1, -0.05) is 60.7 Å². The Bertz CT molecular complexity index is 1720. The van der Waals surface area contributed by atoms with Crippen molar-refractivity contribution < 1.29 is 0 Å². The number of hydrogen-bond acceptors (Lipinski definition) is 4. The van der Waals surface area contributed by atoms with Crippen molar-refractivity contribution in [1.82, 2.24) is 19.9 Å². The summed E-state index contributed by atoms with van der Waals surface area (Å²) >= 11 is 0. The van der Waals surface area contributed by atoms with Crippen LogP contribution < -0.4 is 0 Å². The van der Waals surface area contributed by atoms with Crippen LogP contribution in [0.1, 0.15) is 0 Å². The van der Waals surface area contributed by atoms with Gasteiger partial charge in [-0.3, -0.25) is 19.9 Å². The van der Waals surface area contributed by atoms with Gasteiger partial charge in [0, 0.05) is 59.4 Å². The van der Waals surface area contributed by atoms with Crippen molar-refractivity contribution in [2.75, 3.05) is 0 Å². The van der Waals surface area contributed by atoms with Gasteiger partial charge < -0.3 is 0 Å². The molecule has 4 aromatic heterocycles. The van der Waals surface area contributed by atoms with Crippen LogP contribution in [0.2, 0.25) is 0 Å². The van der Waals surface area contributed by atoms with Crippen molar-refractivity contribution in [2.24, 2.45) is 0 Å². The van der Waals surface area contributed by atoms with E-state index in [-0.39, 0.29) is 0 Å². The van der Waals surface area contributed by atoms with Gasteiger partial charge in [0.15, 0.2) is 0 Å². The summed E-state index contributed by atoms with van der Waals surface area (Å²) in [5.74, 6) is 0. The van der Waals surface area contributed by atoms with Crippen LogP contribution in [0, 0.1) is 0 Å². The van der Waals surface area contributed by atoms with E-state index >= 15 is 0 Å². The molecule has 0 aliphatic rings. The molecule has 0 saturated carbocycles. The van der Waals surface area contributed by atoms with Crippen molar-refractivity contribution in [3.8, 4) is 44.8 Å². The molecule has 0 fully saturated rings. The average Bonchev–Trinajstić information content (AvgIpc) is 3.01. The summed E-state index contributed by atoms with van der Waals surface area (Å²) < 4.78 is 0. The Balaban J connectivity index is 1.61. The lowest BCUT2D eigenvalue weighted by molar-refractivity contribution is 1.28. The van der Waals surface area contributed by atoms with Gasteiger partial charge in [0.2, 0.25) is 0 Å². The molecule has 4 heterocycles. The number of aromatic nitrogens is 4. The van der Waals surface area contributed by atoms with E-state index in [1.54, 1.807) is 12.4 Å². The van der Waals surface area contributed by atoms with Gasteiger partial charge in [-0.25, -0.2) is 0 Å². The number of pyridine rings is 4. The summed E-state index contributed by atoms with van der Waals surface area (Å²) in [6, 6.07) is 33.6. The Hall–Kier alpha value is -5.22. The van der Waals surface area contributed by atoms with Crippen LogP contribution in [-0.2, 0) is 0 Å². The van der Waals surface area contributed by atoms with Crippen molar-refractivity contribution >= 4 is 21.5 Å². The molecular weight excluding hydrogens is 464 g/mol. The zero-order valence-electron chi connectivity index (χ0n) is 20.5. The lowest BCUT2D eigenvalue weighted by Gasteiger charge is -2.20. The Morgan fingerprint density at radius 1 is 0.368 bits per heavy atom. The fraction of sp³-hybridized carbons (Fsp3) is 0. The molecule has 7 rings (SSSR count). The van der Waals surface area contributed by atoms with Gasteiger partial charge in [-0.15, -0.1) is 0 Å². The highest BCUT2D eigenvalue weighted by atomic mass is 14.7. The normalized spacial score (nSPS) is 11.2. The number of benzene rings is 3. The molecule has 0 unspecified atom stereocenters. The molecule has 38 heavy (non-hydrogen) atoms. The highest BCUT2D eigenvalue weighted by Gasteiger charge is 2.21. The Morgan fingerprint density at radius 3 is 1.13 bits per heavy atom. The number of rotatable bonds is 4. The van der Waals surface area contributed by atoms with Crippen LogP contribution in [0.4, 0.5) is 0 Å². The van der Waals surface area contributed by atoms with Crippen molar-refractivity contribution in [1.29, 1.82) is 0 Å². The van der Waals surface area contributed by atoms with Crippen LogP contribution in [0.25, 0.3) is 66.3 Å². The second-order valence-electron chi connectivity index (χ2n) is 9.12. The maximum atomic E-state index is 4.82. The third-order valence-corrected chi connectivity index (χ3v) is 6.96. The fourth-order valence-electron chi connectivity index (χ4n) is 5.39. The predicted molar refractivity (Wildman–Crippen MR) is 154 cm³/mol. The van der Waals surface area contributed by atoms with Crippen molar-refractivity contribution in [3.05, 3.63) is 134 Å². The summed E-state index contributed by atoms with van der Waals surface area (Å²) in [5, 5.41) is 4.67. The first-order valence-electron chi connectivity index (χ1n) is 12.5. The molecular formula is C34H22N4. The number of nitrogens with zero attached hydrogens (tertiary/aromatic N) is 4. The van der Waals surface area contributed by atoms with Gasteiger partial charge in [0.25, 0.3) is 0 Å². The summed E-state index contributed by atoms with van der Waals surface area (Å²) in [4.78, 5) is 18.4. The molecule has 0 N–H and O–H groups in total. The molecule has 0 spiro atoms. The van der Waals surface area contributed by atoms with Crippen LogP contribution >= 0.6 is 0 Å². The van der Waals surface area contributed by atoms with Gasteiger partial charge in [0.1, 0.15) is 0 Å². The molecule has 0 bridgehead atoms. The van der Waals surface area contributed by atoms with E-state index in [9.17, 15) is 0 Å². The summed E-state index contributed by atoms with van der Waals surface area (Å²) in [6.07, 6.45) is 11.0. The molecule has 0 aliphatic heterocycles. The number of fused-ring (bicyclic) bond motifs is 2. The van der Waals surface area contributed by atoms with E-state index in [2.05, 4.69) is 82.8 Å². The molecule has 0 atom stereocenters. The summed E-state index contributed by atoms with van der Waals surface area (Å²) in [5.41, 5.74) is 8.31. The molecule has 0 aliphatic carbocycles. The highest BCUT2D eigenvalue weighted by Crippen LogP contribution is 2.46. The second kappa shape index (κ2) is 9.34. The minimum Gasteiger partial charge on any atom is -0.264 e. The molecule has 4 nitrogen and oxygen atoms in total. The van der Waals surface area contributed by atoms with Gasteiger partial charge >= 0.3 is 0 Å². The molecule has 3 aromatic carbocycles. The average molecular weight is 487 g/mol. The standard InChI is InChI=1S/C34H22N4/c1-2-12-26-25(11-1)31(29-15-7-19-37-33(29)23-9-5-17-35-21-23)27-13-3-4-14-28(27)32(26)30-16-8-20-38-34(30)24-10-6-18-36-22-24/h1-22H. The minimum atomic E-state index is 0.918. The third kappa shape index (κ3) is 3.62. The predicted octanol–water partition coefficient (Wildman–Crippen LogP) is 8.24. The zero-order chi connectivity index (χ0) is 25.3. The molecule has 0 saturated heterocycles. The zero-order valence-corrected chi connectivity index (χ0v) is 20.5. The Labute approximate surface area is 220 Å². The Kier molecular flexibility index (Phi) is 5.41. The highest BCUT2D eigenvalue weighted by molar-refractivity contribution is 6.23. The van der Waals surface area contributed by atoms with E-state index in [4.69, 9.17) is 9.97 Å². The van der Waals surface area contributed by atoms with E-state index in [0.29, 0.717) is 0 Å². The van der Waals surface area contributed by atoms with Crippen LogP contribution in [0.3, 0.4) is 0 Å². The first-order valence-corrected chi connectivity index (χ1v) is 12.5. The molecule has 0 amide bonds. The smallest absolute Gasteiger partial charge is 0.0796 e.